The molecule has 0 aliphatic carbocycles. The standard InChI is InChI=1S/C25H31ClN4O3/c1-5-27-25(32)29(12-13-33-4)16-24(31)30-23(20-8-6-7-9-21(20)26)15-22(28-30)19-11-10-17(2)18(3)14-19/h6-11,14,23H,5,12-13,15-16H2,1-4H3,(H,27,32)/t23-/m0/s1. The maximum Gasteiger partial charge on any atom is 0.317 e. The third-order valence-corrected chi connectivity index (χ3v) is 6.12. The first-order valence-corrected chi connectivity index (χ1v) is 11.5. The lowest BCUT2D eigenvalue weighted by molar-refractivity contribution is -0.133. The molecule has 0 radical (unpaired) electrons. The van der Waals surface area contributed by atoms with E-state index >= 15 is 0 Å². The molecule has 8 heteroatoms. The second-order valence-electron chi connectivity index (χ2n) is 8.08. The molecule has 1 aliphatic heterocycles. The van der Waals surface area contributed by atoms with Gasteiger partial charge in [0.25, 0.3) is 5.91 Å². The molecule has 33 heavy (non-hydrogen) atoms. The molecule has 0 saturated heterocycles. The van der Waals surface area contributed by atoms with E-state index in [2.05, 4.69) is 31.3 Å². The fourth-order valence-corrected chi connectivity index (χ4v) is 4.04. The predicted octanol–water partition coefficient (Wildman–Crippen LogP) is 4.31. The molecule has 3 rings (SSSR count). The number of nitrogens with one attached hydrogen (secondary N) is 1. The van der Waals surface area contributed by atoms with E-state index in [-0.39, 0.29) is 24.5 Å². The Labute approximate surface area is 200 Å². The first kappa shape index (κ1) is 24.7. The maximum absolute atomic E-state index is 13.4. The van der Waals surface area contributed by atoms with Crippen molar-refractivity contribution >= 4 is 29.3 Å². The van der Waals surface area contributed by atoms with Crippen LogP contribution < -0.4 is 5.32 Å². The number of rotatable bonds is 8. The lowest BCUT2D eigenvalue weighted by Gasteiger charge is -2.27. The Kier molecular flexibility index (Phi) is 8.47. The minimum atomic E-state index is -0.346. The predicted molar refractivity (Wildman–Crippen MR) is 131 cm³/mol. The van der Waals surface area contributed by atoms with Crippen LogP contribution in [0, 0.1) is 13.8 Å². The van der Waals surface area contributed by atoms with Gasteiger partial charge in [-0.15, -0.1) is 0 Å². The zero-order valence-electron chi connectivity index (χ0n) is 19.6. The molecular formula is C25H31ClN4O3. The molecule has 2 aromatic rings. The number of ether oxygens (including phenoxy) is 1. The number of aryl methyl sites for hydroxylation is 2. The topological polar surface area (TPSA) is 74.2 Å². The summed E-state index contributed by atoms with van der Waals surface area (Å²) in [5.74, 6) is -0.277. The van der Waals surface area contributed by atoms with Gasteiger partial charge in [0.15, 0.2) is 0 Å². The average molecular weight is 471 g/mol. The van der Waals surface area contributed by atoms with E-state index in [4.69, 9.17) is 21.4 Å². The number of hydrogen-bond donors (Lipinski definition) is 1. The quantitative estimate of drug-likeness (QED) is 0.624. The molecule has 0 spiro atoms. The fourth-order valence-electron chi connectivity index (χ4n) is 3.78. The minimum Gasteiger partial charge on any atom is -0.383 e. The van der Waals surface area contributed by atoms with Crippen molar-refractivity contribution in [1.82, 2.24) is 15.2 Å². The van der Waals surface area contributed by atoms with E-state index in [1.807, 2.05) is 37.3 Å². The van der Waals surface area contributed by atoms with Gasteiger partial charge in [-0.25, -0.2) is 9.80 Å². The first-order valence-electron chi connectivity index (χ1n) is 11.1. The number of amides is 3. The Morgan fingerprint density at radius 1 is 1.21 bits per heavy atom. The maximum atomic E-state index is 13.4. The van der Waals surface area contributed by atoms with Crippen molar-refractivity contribution in [3.05, 3.63) is 69.7 Å². The fraction of sp³-hybridized carbons (Fsp3) is 0.400. The van der Waals surface area contributed by atoms with Crippen molar-refractivity contribution in [2.24, 2.45) is 5.10 Å². The number of halogens is 1. The molecule has 0 bridgehead atoms. The van der Waals surface area contributed by atoms with Crippen LogP contribution in [0.1, 0.15) is 41.6 Å². The van der Waals surface area contributed by atoms with E-state index in [1.165, 1.54) is 15.5 Å². The van der Waals surface area contributed by atoms with Gasteiger partial charge in [-0.05, 0) is 55.2 Å². The van der Waals surface area contributed by atoms with Gasteiger partial charge >= 0.3 is 6.03 Å². The van der Waals surface area contributed by atoms with Crippen molar-refractivity contribution in [3.63, 3.8) is 0 Å². The highest BCUT2D eigenvalue weighted by molar-refractivity contribution is 6.31. The van der Waals surface area contributed by atoms with Crippen molar-refractivity contribution < 1.29 is 14.3 Å². The Morgan fingerprint density at radius 3 is 2.64 bits per heavy atom. The first-order chi connectivity index (χ1) is 15.8. The molecule has 7 nitrogen and oxygen atoms in total. The number of methoxy groups -OCH3 is 1. The van der Waals surface area contributed by atoms with Gasteiger partial charge in [-0.3, -0.25) is 4.79 Å². The SMILES string of the molecule is CCNC(=O)N(CCOC)CC(=O)N1N=C(c2ccc(C)c(C)c2)C[C@H]1c1ccccc1Cl. The second-order valence-corrected chi connectivity index (χ2v) is 8.48. The zero-order chi connectivity index (χ0) is 24.0. The lowest BCUT2D eigenvalue weighted by atomic mass is 9.96. The van der Waals surface area contributed by atoms with E-state index in [1.54, 1.807) is 7.11 Å². The minimum absolute atomic E-state index is 0.111. The summed E-state index contributed by atoms with van der Waals surface area (Å²) >= 11 is 6.50. The lowest BCUT2D eigenvalue weighted by Crippen LogP contribution is -2.47. The van der Waals surface area contributed by atoms with Crippen molar-refractivity contribution in [3.8, 4) is 0 Å². The molecule has 0 saturated carbocycles. The van der Waals surface area contributed by atoms with Crippen LogP contribution in [-0.2, 0) is 9.53 Å². The zero-order valence-corrected chi connectivity index (χ0v) is 20.4. The largest absolute Gasteiger partial charge is 0.383 e. The highest BCUT2D eigenvalue weighted by Crippen LogP contribution is 2.36. The monoisotopic (exact) mass is 470 g/mol. The van der Waals surface area contributed by atoms with Crippen LogP contribution in [0.15, 0.2) is 47.6 Å². The summed E-state index contributed by atoms with van der Waals surface area (Å²) < 4.78 is 5.12. The number of carbonyl (C=O) groups is 2. The number of nitrogens with zero attached hydrogens (tertiary/aromatic N) is 3. The van der Waals surface area contributed by atoms with Crippen LogP contribution in [0.5, 0.6) is 0 Å². The van der Waals surface area contributed by atoms with Gasteiger partial charge in [0.1, 0.15) is 6.54 Å². The number of hydrogen-bond acceptors (Lipinski definition) is 4. The van der Waals surface area contributed by atoms with E-state index < -0.39 is 0 Å². The summed E-state index contributed by atoms with van der Waals surface area (Å²) in [4.78, 5) is 27.4. The summed E-state index contributed by atoms with van der Waals surface area (Å²) in [6.07, 6.45) is 0.539. The summed E-state index contributed by atoms with van der Waals surface area (Å²) in [6, 6.07) is 13.0. The van der Waals surface area contributed by atoms with Crippen molar-refractivity contribution in [2.45, 2.75) is 33.2 Å². The molecule has 0 fully saturated rings. The normalized spacial score (nSPS) is 15.4. The summed E-state index contributed by atoms with van der Waals surface area (Å²) in [5.41, 5.74) is 4.99. The van der Waals surface area contributed by atoms with Crippen LogP contribution in [0.4, 0.5) is 4.79 Å². The van der Waals surface area contributed by atoms with Gasteiger partial charge in [-0.2, -0.15) is 5.10 Å². The van der Waals surface area contributed by atoms with Gasteiger partial charge in [-0.1, -0.05) is 41.9 Å². The molecule has 176 valence electrons. The molecule has 1 aliphatic rings. The Balaban J connectivity index is 1.93. The van der Waals surface area contributed by atoms with Crippen LogP contribution >= 0.6 is 11.6 Å². The van der Waals surface area contributed by atoms with Crippen LogP contribution in [0.25, 0.3) is 0 Å². The van der Waals surface area contributed by atoms with Gasteiger partial charge in [0, 0.05) is 31.6 Å². The molecule has 1 heterocycles. The van der Waals surface area contributed by atoms with E-state index in [0.29, 0.717) is 31.1 Å². The second kappa shape index (κ2) is 11.3. The molecule has 1 atom stereocenters. The highest BCUT2D eigenvalue weighted by atomic mass is 35.5. The van der Waals surface area contributed by atoms with Gasteiger partial charge < -0.3 is 15.0 Å². The molecule has 2 aromatic carbocycles. The van der Waals surface area contributed by atoms with Crippen LogP contribution in [0.2, 0.25) is 5.02 Å². The number of benzene rings is 2. The third-order valence-electron chi connectivity index (χ3n) is 5.78. The van der Waals surface area contributed by atoms with Crippen molar-refractivity contribution in [1.29, 1.82) is 0 Å². The number of hydrazone groups is 1. The highest BCUT2D eigenvalue weighted by Gasteiger charge is 2.35. The molecular weight excluding hydrogens is 440 g/mol. The van der Waals surface area contributed by atoms with Crippen LogP contribution in [0.3, 0.4) is 0 Å². The molecule has 1 N–H and O–H groups in total. The summed E-state index contributed by atoms with van der Waals surface area (Å²) in [6.45, 7) is 6.94. The summed E-state index contributed by atoms with van der Waals surface area (Å²) in [5, 5.41) is 9.53. The van der Waals surface area contributed by atoms with Crippen LogP contribution in [-0.4, -0.2) is 60.9 Å². The Hall–Kier alpha value is -2.90. The average Bonchev–Trinajstić information content (AvgIpc) is 3.24. The van der Waals surface area contributed by atoms with Gasteiger partial charge in [0.2, 0.25) is 0 Å². The van der Waals surface area contributed by atoms with Gasteiger partial charge in [0.05, 0.1) is 18.4 Å². The number of carbonyl (C=O) groups excluding carboxylic acids is 2. The van der Waals surface area contributed by atoms with E-state index in [0.717, 1.165) is 22.4 Å². The van der Waals surface area contributed by atoms with E-state index in [9.17, 15) is 9.59 Å². The molecule has 0 unspecified atom stereocenters. The number of urea groups is 1. The van der Waals surface area contributed by atoms with Crippen molar-refractivity contribution in [2.75, 3.05) is 33.4 Å². The Morgan fingerprint density at radius 2 is 1.97 bits per heavy atom. The molecule has 0 aromatic heterocycles. The Bertz CT molecular complexity index is 1040. The third kappa shape index (κ3) is 5.92. The smallest absolute Gasteiger partial charge is 0.317 e. The summed E-state index contributed by atoms with van der Waals surface area (Å²) in [7, 11) is 1.56. The molecule has 3 amide bonds.